The van der Waals surface area contributed by atoms with E-state index < -0.39 is 67.2 Å². The Hall–Kier alpha value is -2.61. The van der Waals surface area contributed by atoms with E-state index in [2.05, 4.69) is 16.0 Å². The van der Waals surface area contributed by atoms with Crippen molar-refractivity contribution in [3.05, 3.63) is 35.9 Å². The maximum atomic E-state index is 13.0. The number of aliphatic carboxylic acids is 1. The Morgan fingerprint density at radius 3 is 2.03 bits per heavy atom. The highest BCUT2D eigenvalue weighted by molar-refractivity contribution is 5.83. The highest BCUT2D eigenvalue weighted by Gasteiger charge is 2.37. The first-order chi connectivity index (χ1) is 17.8. The van der Waals surface area contributed by atoms with Crippen LogP contribution >= 0.6 is 0 Å². The van der Waals surface area contributed by atoms with Gasteiger partial charge in [-0.05, 0) is 23.8 Å². The predicted molar refractivity (Wildman–Crippen MR) is 141 cm³/mol. The zero-order chi connectivity index (χ0) is 29.0. The van der Waals surface area contributed by atoms with Gasteiger partial charge in [-0.25, -0.2) is 0 Å². The van der Waals surface area contributed by atoms with Gasteiger partial charge in [0.1, 0.15) is 12.2 Å². The van der Waals surface area contributed by atoms with E-state index in [-0.39, 0.29) is 17.9 Å². The van der Waals surface area contributed by atoms with Gasteiger partial charge < -0.3 is 47.2 Å². The van der Waals surface area contributed by atoms with Crippen molar-refractivity contribution in [2.45, 2.75) is 83.0 Å². The fourth-order valence-corrected chi connectivity index (χ4v) is 3.74. The minimum absolute atomic E-state index is 0.130. The van der Waals surface area contributed by atoms with Crippen LogP contribution in [-0.2, 0) is 14.4 Å². The minimum Gasteiger partial charge on any atom is -0.481 e. The van der Waals surface area contributed by atoms with Gasteiger partial charge in [0.2, 0.25) is 5.91 Å². The van der Waals surface area contributed by atoms with Gasteiger partial charge in [0.25, 0.3) is 5.91 Å². The number of benzene rings is 1. The number of carboxylic acid groups (broad SMARTS) is 1. The zero-order valence-corrected chi connectivity index (χ0v) is 22.4. The second-order valence-electron chi connectivity index (χ2n) is 10.3. The van der Waals surface area contributed by atoms with Gasteiger partial charge in [-0.2, -0.15) is 0 Å². The van der Waals surface area contributed by atoms with Crippen LogP contribution in [0.15, 0.2) is 30.3 Å². The third-order valence-electron chi connectivity index (χ3n) is 6.26. The van der Waals surface area contributed by atoms with Crippen LogP contribution in [0.1, 0.15) is 52.1 Å². The second-order valence-corrected chi connectivity index (χ2v) is 10.3. The van der Waals surface area contributed by atoms with Crippen LogP contribution in [-0.4, -0.2) is 92.9 Å². The molecule has 0 aromatic heterocycles. The molecule has 2 amide bonds. The first-order valence-corrected chi connectivity index (χ1v) is 12.8. The van der Waals surface area contributed by atoms with Gasteiger partial charge in [-0.15, -0.1) is 0 Å². The molecule has 1 aromatic rings. The van der Waals surface area contributed by atoms with Gasteiger partial charge in [0.15, 0.2) is 6.10 Å². The van der Waals surface area contributed by atoms with Crippen LogP contribution in [0.5, 0.6) is 0 Å². The van der Waals surface area contributed by atoms with Crippen molar-refractivity contribution in [3.8, 4) is 0 Å². The summed E-state index contributed by atoms with van der Waals surface area (Å²) in [6.07, 6.45) is -6.24. The summed E-state index contributed by atoms with van der Waals surface area (Å²) < 4.78 is 0. The van der Waals surface area contributed by atoms with Crippen LogP contribution in [0.3, 0.4) is 0 Å². The standard InChI is InChI=1S/C26H44N4O8/c1-14(2)10-19(28-12-17(27)15(3)4)25(37)30-20(13-31)22(34)23(35)24(36)26(38)29-18(11-21(32)33)16-8-6-5-7-9-16/h5-9,14-15,17-20,22-24,28,31,34-36H,10-13,27H2,1-4H3,(H,29,38)(H,30,37)(H,32,33)/t17-,18+,19+,20+,22-,23-,24+/m1/s1. The summed E-state index contributed by atoms with van der Waals surface area (Å²) in [6, 6.07) is 4.89. The molecule has 12 nitrogen and oxygen atoms in total. The number of nitrogens with one attached hydrogen (secondary N) is 3. The summed E-state index contributed by atoms with van der Waals surface area (Å²) in [4.78, 5) is 36.8. The quantitative estimate of drug-likeness (QED) is 0.116. The molecule has 0 aliphatic rings. The first kappa shape index (κ1) is 33.4. The van der Waals surface area contributed by atoms with Gasteiger partial charge in [0.05, 0.1) is 31.2 Å². The number of carbonyl (C=O) groups is 3. The Morgan fingerprint density at radius 2 is 1.53 bits per heavy atom. The Balaban J connectivity index is 2.90. The fourth-order valence-electron chi connectivity index (χ4n) is 3.74. The lowest BCUT2D eigenvalue weighted by Crippen LogP contribution is -2.59. The summed E-state index contributed by atoms with van der Waals surface area (Å²) in [7, 11) is 0. The molecule has 0 unspecified atom stereocenters. The molecule has 10 N–H and O–H groups in total. The summed E-state index contributed by atoms with van der Waals surface area (Å²) in [6.45, 7) is 7.32. The van der Waals surface area contributed by atoms with Crippen molar-refractivity contribution < 1.29 is 39.9 Å². The number of carboxylic acids is 1. The van der Waals surface area contributed by atoms with Crippen LogP contribution in [0.25, 0.3) is 0 Å². The van der Waals surface area contributed by atoms with Gasteiger partial charge in [-0.1, -0.05) is 58.0 Å². The second kappa shape index (κ2) is 16.4. The van der Waals surface area contributed by atoms with Crippen molar-refractivity contribution in [1.82, 2.24) is 16.0 Å². The Kier molecular flexibility index (Phi) is 14.4. The Labute approximate surface area is 223 Å². The van der Waals surface area contributed by atoms with Crippen LogP contribution in [0.4, 0.5) is 0 Å². The molecule has 1 rings (SSSR count). The molecular formula is C26H44N4O8. The number of hydrogen-bond acceptors (Lipinski definition) is 9. The lowest BCUT2D eigenvalue weighted by molar-refractivity contribution is -0.145. The monoisotopic (exact) mass is 540 g/mol. The average Bonchev–Trinajstić information content (AvgIpc) is 2.87. The molecule has 0 bridgehead atoms. The molecule has 216 valence electrons. The van der Waals surface area contributed by atoms with Crippen molar-refractivity contribution >= 4 is 17.8 Å². The van der Waals surface area contributed by atoms with Crippen molar-refractivity contribution in [3.63, 3.8) is 0 Å². The van der Waals surface area contributed by atoms with Gasteiger partial charge in [-0.3, -0.25) is 14.4 Å². The van der Waals surface area contributed by atoms with Crippen molar-refractivity contribution in [2.24, 2.45) is 17.6 Å². The Morgan fingerprint density at radius 1 is 0.921 bits per heavy atom. The molecular weight excluding hydrogens is 496 g/mol. The lowest BCUT2D eigenvalue weighted by atomic mass is 9.97. The van der Waals surface area contributed by atoms with Crippen LogP contribution in [0, 0.1) is 11.8 Å². The molecule has 0 heterocycles. The van der Waals surface area contributed by atoms with Gasteiger partial charge >= 0.3 is 5.97 Å². The number of amides is 2. The van der Waals surface area contributed by atoms with Crippen LogP contribution in [0.2, 0.25) is 0 Å². The number of hydrogen-bond donors (Lipinski definition) is 9. The SMILES string of the molecule is CC(C)C[C@H](NC[C@@H](N)C(C)C)C(=O)N[C@@H](CO)[C@@H](O)[C@@H](O)[C@H](O)C(=O)N[C@@H](CC(=O)O)c1ccccc1. The minimum atomic E-state index is -2.18. The number of aliphatic hydroxyl groups excluding tert-OH is 4. The number of aliphatic hydroxyl groups is 4. The molecule has 0 aliphatic carbocycles. The smallest absolute Gasteiger partial charge is 0.305 e. The highest BCUT2D eigenvalue weighted by atomic mass is 16.4. The number of nitrogens with two attached hydrogens (primary N) is 1. The normalized spacial score (nSPS) is 17.2. The number of rotatable bonds is 17. The van der Waals surface area contributed by atoms with Gasteiger partial charge in [0, 0.05) is 12.6 Å². The lowest BCUT2D eigenvalue weighted by Gasteiger charge is -2.31. The van der Waals surface area contributed by atoms with E-state index in [0.717, 1.165) is 0 Å². The molecule has 0 saturated carbocycles. The highest BCUT2D eigenvalue weighted by Crippen LogP contribution is 2.18. The molecule has 7 atom stereocenters. The van der Waals surface area contributed by atoms with Crippen molar-refractivity contribution in [2.75, 3.05) is 13.2 Å². The molecule has 1 aromatic carbocycles. The molecule has 0 fully saturated rings. The van der Waals surface area contributed by atoms with E-state index in [9.17, 15) is 39.9 Å². The first-order valence-electron chi connectivity index (χ1n) is 12.8. The predicted octanol–water partition coefficient (Wildman–Crippen LogP) is -1.13. The molecule has 0 radical (unpaired) electrons. The molecule has 0 saturated heterocycles. The van der Waals surface area contributed by atoms with Crippen molar-refractivity contribution in [1.29, 1.82) is 0 Å². The topological polar surface area (TPSA) is 214 Å². The average molecular weight is 541 g/mol. The maximum absolute atomic E-state index is 13.0. The molecule has 0 aliphatic heterocycles. The van der Waals surface area contributed by atoms with Crippen LogP contribution < -0.4 is 21.7 Å². The van der Waals surface area contributed by atoms with E-state index in [1.54, 1.807) is 30.3 Å². The van der Waals surface area contributed by atoms with E-state index in [1.165, 1.54) is 0 Å². The molecule has 12 heteroatoms. The fraction of sp³-hybridized carbons (Fsp3) is 0.654. The summed E-state index contributed by atoms with van der Waals surface area (Å²) in [5.74, 6) is -2.57. The van der Waals surface area contributed by atoms with E-state index in [0.29, 0.717) is 18.5 Å². The van der Waals surface area contributed by atoms with E-state index >= 15 is 0 Å². The Bertz CT molecular complexity index is 870. The third kappa shape index (κ3) is 11.0. The number of carbonyl (C=O) groups excluding carboxylic acids is 2. The summed E-state index contributed by atoms with van der Waals surface area (Å²) in [5, 5.41) is 58.4. The molecule has 38 heavy (non-hydrogen) atoms. The van der Waals surface area contributed by atoms with E-state index in [1.807, 2.05) is 27.7 Å². The largest absolute Gasteiger partial charge is 0.481 e. The summed E-state index contributed by atoms with van der Waals surface area (Å²) in [5.41, 5.74) is 6.53. The zero-order valence-electron chi connectivity index (χ0n) is 22.4. The maximum Gasteiger partial charge on any atom is 0.305 e. The molecule has 0 spiro atoms. The van der Waals surface area contributed by atoms with E-state index in [4.69, 9.17) is 5.73 Å². The third-order valence-corrected chi connectivity index (χ3v) is 6.26. The summed E-state index contributed by atoms with van der Waals surface area (Å²) >= 11 is 0.